The zero-order valence-electron chi connectivity index (χ0n) is 18.3. The molecule has 0 aliphatic heterocycles. The van der Waals surface area contributed by atoms with Crippen LogP contribution in [0.25, 0.3) is 0 Å². The fourth-order valence-corrected chi connectivity index (χ4v) is 3.34. The van der Waals surface area contributed by atoms with Gasteiger partial charge in [0.25, 0.3) is 0 Å². The lowest BCUT2D eigenvalue weighted by Crippen LogP contribution is -2.18. The van der Waals surface area contributed by atoms with Crippen molar-refractivity contribution in [3.63, 3.8) is 0 Å². The first-order valence-electron chi connectivity index (χ1n) is 10.3. The Hall–Kier alpha value is -2.99. The zero-order valence-corrected chi connectivity index (χ0v) is 18.3. The van der Waals surface area contributed by atoms with Crippen LogP contribution in [0.3, 0.4) is 0 Å². The van der Waals surface area contributed by atoms with Crippen LogP contribution < -0.4 is 4.74 Å². The molecule has 1 aliphatic carbocycles. The Morgan fingerprint density at radius 3 is 2.34 bits per heavy atom. The molecule has 1 fully saturated rings. The number of aliphatic hydroxyl groups excluding tert-OH is 1. The molecular formula is C26H29F3O3. The Morgan fingerprint density at radius 1 is 1.06 bits per heavy atom. The molecule has 0 heterocycles. The van der Waals surface area contributed by atoms with Crippen LogP contribution in [0.1, 0.15) is 37.2 Å². The summed E-state index contributed by atoms with van der Waals surface area (Å²) in [6.07, 6.45) is 6.13. The molecule has 0 saturated heterocycles. The maximum atomic E-state index is 14.6. The van der Waals surface area contributed by atoms with Crippen LogP contribution >= 0.6 is 0 Å². The van der Waals surface area contributed by atoms with Gasteiger partial charge in [0, 0.05) is 11.6 Å². The Labute approximate surface area is 187 Å². The van der Waals surface area contributed by atoms with Crippen molar-refractivity contribution < 1.29 is 27.8 Å². The number of allylic oxidation sites excluding steroid dienone is 5. The molecule has 1 aromatic carbocycles. The first-order chi connectivity index (χ1) is 15.1. The molecule has 0 spiro atoms. The first kappa shape index (κ1) is 25.3. The second-order valence-electron chi connectivity index (χ2n) is 7.73. The maximum Gasteiger partial charge on any atom is 0.200 e. The minimum absolute atomic E-state index is 0.0482. The number of methoxy groups -OCH3 is 1. The quantitative estimate of drug-likeness (QED) is 0.325. The third kappa shape index (κ3) is 6.76. The minimum atomic E-state index is -1.05. The van der Waals surface area contributed by atoms with Gasteiger partial charge in [-0.1, -0.05) is 44.5 Å². The van der Waals surface area contributed by atoms with E-state index in [0.717, 1.165) is 6.08 Å². The Kier molecular flexibility index (Phi) is 9.14. The van der Waals surface area contributed by atoms with Gasteiger partial charge in [-0.15, -0.1) is 0 Å². The van der Waals surface area contributed by atoms with Gasteiger partial charge in [0.1, 0.15) is 18.2 Å². The van der Waals surface area contributed by atoms with E-state index in [4.69, 9.17) is 9.47 Å². The lowest BCUT2D eigenvalue weighted by molar-refractivity contribution is 0.122. The number of rotatable bonds is 10. The third-order valence-electron chi connectivity index (χ3n) is 5.37. The molecular weight excluding hydrogens is 417 g/mol. The van der Waals surface area contributed by atoms with Crippen LogP contribution in [0.2, 0.25) is 0 Å². The smallest absolute Gasteiger partial charge is 0.200 e. The van der Waals surface area contributed by atoms with E-state index in [0.29, 0.717) is 42.4 Å². The Balaban J connectivity index is 1.95. The first-order valence-corrected chi connectivity index (χ1v) is 10.3. The Morgan fingerprint density at radius 2 is 1.72 bits per heavy atom. The van der Waals surface area contributed by atoms with Gasteiger partial charge in [0.2, 0.25) is 5.82 Å². The topological polar surface area (TPSA) is 38.7 Å². The molecule has 6 heteroatoms. The van der Waals surface area contributed by atoms with Crippen molar-refractivity contribution in [1.29, 1.82) is 0 Å². The molecule has 1 saturated carbocycles. The van der Waals surface area contributed by atoms with E-state index in [2.05, 4.69) is 26.3 Å². The van der Waals surface area contributed by atoms with Gasteiger partial charge in [-0.3, -0.25) is 0 Å². The van der Waals surface area contributed by atoms with Crippen molar-refractivity contribution in [3.05, 3.63) is 102 Å². The molecule has 2 rings (SSSR count). The second-order valence-corrected chi connectivity index (χ2v) is 7.73. The highest BCUT2D eigenvalue weighted by molar-refractivity contribution is 5.48. The summed E-state index contributed by atoms with van der Waals surface area (Å²) in [6, 6.07) is 2.93. The lowest BCUT2D eigenvalue weighted by atomic mass is 9.82. The summed E-state index contributed by atoms with van der Waals surface area (Å²) >= 11 is 0. The van der Waals surface area contributed by atoms with Crippen molar-refractivity contribution in [2.75, 3.05) is 13.7 Å². The highest BCUT2D eigenvalue weighted by atomic mass is 19.2. The fourth-order valence-electron chi connectivity index (χ4n) is 3.34. The highest BCUT2D eigenvalue weighted by Gasteiger charge is 2.25. The van der Waals surface area contributed by atoms with Gasteiger partial charge in [-0.05, 0) is 54.4 Å². The summed E-state index contributed by atoms with van der Waals surface area (Å²) in [5.41, 5.74) is 1.09. The molecule has 32 heavy (non-hydrogen) atoms. The van der Waals surface area contributed by atoms with E-state index in [9.17, 15) is 18.3 Å². The molecule has 0 unspecified atom stereocenters. The molecule has 0 aromatic heterocycles. The average Bonchev–Trinajstić information content (AvgIpc) is 2.78. The Bertz CT molecular complexity index is 951. The van der Waals surface area contributed by atoms with Crippen LogP contribution in [0, 0.1) is 11.6 Å². The van der Waals surface area contributed by atoms with Gasteiger partial charge in [-0.2, -0.15) is 4.39 Å². The summed E-state index contributed by atoms with van der Waals surface area (Å²) < 4.78 is 53.3. The predicted molar refractivity (Wildman–Crippen MR) is 121 cm³/mol. The normalized spacial score (nSPS) is 19.0. The third-order valence-corrected chi connectivity index (χ3v) is 5.37. The summed E-state index contributed by atoms with van der Waals surface area (Å²) in [6.45, 7) is 14.6. The number of hydrogen-bond donors (Lipinski definition) is 1. The fraction of sp³-hybridized carbons (Fsp3) is 0.308. The van der Waals surface area contributed by atoms with Gasteiger partial charge >= 0.3 is 0 Å². The van der Waals surface area contributed by atoms with Crippen molar-refractivity contribution in [1.82, 2.24) is 0 Å². The molecule has 1 aliphatic rings. The number of aliphatic hydroxyl groups is 1. The summed E-state index contributed by atoms with van der Waals surface area (Å²) in [5.74, 6) is -2.80. The molecule has 172 valence electrons. The number of ether oxygens (including phenoxy) is 2. The van der Waals surface area contributed by atoms with E-state index in [1.165, 1.54) is 31.4 Å². The van der Waals surface area contributed by atoms with Gasteiger partial charge in [-0.25, -0.2) is 8.78 Å². The van der Waals surface area contributed by atoms with E-state index in [1.807, 2.05) is 0 Å². The summed E-state index contributed by atoms with van der Waals surface area (Å²) in [5, 5.41) is 9.60. The molecule has 0 radical (unpaired) electrons. The largest absolute Gasteiger partial charge is 0.497 e. The zero-order chi connectivity index (χ0) is 23.8. The van der Waals surface area contributed by atoms with Crippen molar-refractivity contribution in [3.8, 4) is 5.75 Å². The van der Waals surface area contributed by atoms with Crippen LogP contribution in [-0.4, -0.2) is 24.9 Å². The van der Waals surface area contributed by atoms with Crippen LogP contribution in [0.4, 0.5) is 13.2 Å². The van der Waals surface area contributed by atoms with Gasteiger partial charge in [0.15, 0.2) is 11.6 Å². The van der Waals surface area contributed by atoms with E-state index in [-0.39, 0.29) is 35.7 Å². The second kappa shape index (κ2) is 11.6. The van der Waals surface area contributed by atoms with Crippen LogP contribution in [-0.2, 0) is 4.74 Å². The van der Waals surface area contributed by atoms with Crippen molar-refractivity contribution in [2.24, 2.45) is 0 Å². The van der Waals surface area contributed by atoms with E-state index >= 15 is 0 Å². The molecule has 1 N–H and O–H groups in total. The molecule has 0 bridgehead atoms. The van der Waals surface area contributed by atoms with Crippen molar-refractivity contribution in [2.45, 2.75) is 37.7 Å². The number of benzene rings is 1. The van der Waals surface area contributed by atoms with E-state index in [1.54, 1.807) is 0 Å². The predicted octanol–water partition coefficient (Wildman–Crippen LogP) is 6.60. The number of hydrogen-bond acceptors (Lipinski definition) is 3. The molecule has 0 atom stereocenters. The molecule has 0 amide bonds. The van der Waals surface area contributed by atoms with Crippen molar-refractivity contribution >= 4 is 0 Å². The van der Waals surface area contributed by atoms with Crippen LogP contribution in [0.5, 0.6) is 5.75 Å². The summed E-state index contributed by atoms with van der Waals surface area (Å²) in [7, 11) is 1.37. The van der Waals surface area contributed by atoms with Crippen LogP contribution in [0.15, 0.2) is 85.0 Å². The standard InChI is InChI=1S/C26H29F3O3/c1-16(6-7-17(2)19(4)23(27)14-18(3)31-5)15-32-24-13-12-22(25(28)26(24)29)20-8-10-21(30)11-9-20/h6-7,12-14,20-21,30H,1-4,8-11,15H2,5H3/b7-6-,23-14+. The highest BCUT2D eigenvalue weighted by Crippen LogP contribution is 2.36. The minimum Gasteiger partial charge on any atom is -0.497 e. The summed E-state index contributed by atoms with van der Waals surface area (Å²) in [4.78, 5) is 0. The van der Waals surface area contributed by atoms with Gasteiger partial charge in [0.05, 0.1) is 13.2 Å². The maximum absolute atomic E-state index is 14.6. The SMILES string of the molecule is C=C(/C=C\C(=C)C(=C)/C(F)=C\C(=C)OC)COc1ccc(C2CCC(O)CC2)c(F)c1F. The average molecular weight is 447 g/mol. The lowest BCUT2D eigenvalue weighted by Gasteiger charge is -2.26. The van der Waals surface area contributed by atoms with E-state index < -0.39 is 17.5 Å². The van der Waals surface area contributed by atoms with Gasteiger partial charge < -0.3 is 14.6 Å². The molecule has 3 nitrogen and oxygen atoms in total. The number of halogens is 3. The monoisotopic (exact) mass is 446 g/mol. The molecule has 1 aromatic rings.